The first-order chi connectivity index (χ1) is 7.00. The van der Waals surface area contributed by atoms with Gasteiger partial charge in [-0.2, -0.15) is 0 Å². The first-order valence-corrected chi connectivity index (χ1v) is 5.56. The van der Waals surface area contributed by atoms with Crippen LogP contribution in [0.4, 0.5) is 0 Å². The molecule has 1 aromatic heterocycles. The molecule has 0 radical (unpaired) electrons. The summed E-state index contributed by atoms with van der Waals surface area (Å²) >= 11 is 0. The van der Waals surface area contributed by atoms with Crippen LogP contribution in [0.15, 0.2) is 4.63 Å². The maximum atomic E-state index is 4.79. The van der Waals surface area contributed by atoms with Crippen LogP contribution in [0.25, 0.3) is 0 Å². The molecular formula is C11H19N3O. The lowest BCUT2D eigenvalue weighted by Gasteiger charge is -2.36. The first kappa shape index (κ1) is 10.6. The fourth-order valence-corrected chi connectivity index (χ4v) is 2.39. The number of hydrogen-bond donors (Lipinski definition) is 0. The van der Waals surface area contributed by atoms with Crippen LogP contribution in [-0.2, 0) is 0 Å². The van der Waals surface area contributed by atoms with Crippen LogP contribution >= 0.6 is 0 Å². The zero-order valence-electron chi connectivity index (χ0n) is 9.95. The van der Waals surface area contributed by atoms with Crippen LogP contribution in [0.5, 0.6) is 0 Å². The molecule has 0 spiro atoms. The van der Waals surface area contributed by atoms with Gasteiger partial charge < -0.3 is 0 Å². The van der Waals surface area contributed by atoms with E-state index in [0.717, 1.165) is 24.4 Å². The van der Waals surface area contributed by atoms with Gasteiger partial charge in [-0.15, -0.1) is 0 Å². The third kappa shape index (κ3) is 1.91. The molecule has 1 aliphatic rings. The predicted octanol–water partition coefficient (Wildman–Crippen LogP) is 2.31. The fraction of sp³-hybridized carbons (Fsp3) is 0.818. The monoisotopic (exact) mass is 209 g/mol. The summed E-state index contributed by atoms with van der Waals surface area (Å²) in [5.74, 6) is 0. The first-order valence-electron chi connectivity index (χ1n) is 5.56. The molecule has 0 bridgehead atoms. The largest absolute Gasteiger partial charge is 0.290 e. The smallest absolute Gasteiger partial charge is 0.125 e. The Labute approximate surface area is 90.6 Å². The number of aromatic nitrogens is 2. The highest BCUT2D eigenvalue weighted by Gasteiger charge is 2.36. The molecule has 4 heteroatoms. The van der Waals surface area contributed by atoms with Gasteiger partial charge in [0.2, 0.25) is 0 Å². The molecule has 1 saturated heterocycles. The average Bonchev–Trinajstić information content (AvgIpc) is 2.69. The Hall–Kier alpha value is -0.900. The Morgan fingerprint density at radius 1 is 1.33 bits per heavy atom. The van der Waals surface area contributed by atoms with Gasteiger partial charge >= 0.3 is 0 Å². The van der Waals surface area contributed by atoms with E-state index in [1.807, 2.05) is 6.92 Å². The summed E-state index contributed by atoms with van der Waals surface area (Å²) in [5.41, 5.74) is 2.13. The highest BCUT2D eigenvalue weighted by molar-refractivity contribution is 5.13. The second kappa shape index (κ2) is 3.59. The molecule has 1 fully saturated rings. The van der Waals surface area contributed by atoms with Gasteiger partial charge in [0.25, 0.3) is 0 Å². The van der Waals surface area contributed by atoms with Crippen molar-refractivity contribution in [3.05, 3.63) is 11.4 Å². The van der Waals surface area contributed by atoms with Crippen molar-refractivity contribution in [2.45, 2.75) is 52.1 Å². The molecule has 2 rings (SSSR count). The lowest BCUT2D eigenvalue weighted by Crippen LogP contribution is -2.40. The van der Waals surface area contributed by atoms with E-state index in [2.05, 4.69) is 36.0 Å². The molecule has 84 valence electrons. The average molecular weight is 209 g/mol. The summed E-state index contributed by atoms with van der Waals surface area (Å²) in [4.78, 5) is 2.49. The van der Waals surface area contributed by atoms with Crippen molar-refractivity contribution in [3.63, 3.8) is 0 Å². The van der Waals surface area contributed by atoms with Crippen LogP contribution in [-0.4, -0.2) is 27.3 Å². The Bertz CT molecular complexity index is 340. The number of aryl methyl sites for hydroxylation is 1. The number of hydrogen-bond acceptors (Lipinski definition) is 4. The van der Waals surface area contributed by atoms with E-state index in [0.29, 0.717) is 6.04 Å². The molecule has 1 unspecified atom stereocenters. The highest BCUT2D eigenvalue weighted by Crippen LogP contribution is 2.37. The van der Waals surface area contributed by atoms with Crippen molar-refractivity contribution >= 4 is 0 Å². The molecule has 1 aliphatic heterocycles. The van der Waals surface area contributed by atoms with E-state index in [9.17, 15) is 0 Å². The zero-order chi connectivity index (χ0) is 11.1. The molecule has 0 saturated carbocycles. The minimum absolute atomic E-state index is 0.187. The predicted molar refractivity (Wildman–Crippen MR) is 57.5 cm³/mol. The van der Waals surface area contributed by atoms with Crippen molar-refractivity contribution in [3.8, 4) is 0 Å². The molecule has 0 aliphatic carbocycles. The van der Waals surface area contributed by atoms with Crippen LogP contribution in [0.3, 0.4) is 0 Å². The topological polar surface area (TPSA) is 42.2 Å². The van der Waals surface area contributed by atoms with Crippen LogP contribution in [0.1, 0.15) is 51.0 Å². The lowest BCUT2D eigenvalue weighted by molar-refractivity contribution is 0.116. The van der Waals surface area contributed by atoms with Gasteiger partial charge in [0, 0.05) is 5.54 Å². The normalized spacial score (nSPS) is 23.6. The summed E-state index contributed by atoms with van der Waals surface area (Å²) in [5, 5.41) is 7.90. The molecule has 4 nitrogen and oxygen atoms in total. The van der Waals surface area contributed by atoms with Gasteiger partial charge in [-0.25, -0.2) is 4.63 Å². The quantitative estimate of drug-likeness (QED) is 0.711. The number of nitrogens with zero attached hydrogens (tertiary/aromatic N) is 3. The molecular weight excluding hydrogens is 190 g/mol. The summed E-state index contributed by atoms with van der Waals surface area (Å²) in [6.45, 7) is 9.84. The van der Waals surface area contributed by atoms with Crippen LogP contribution < -0.4 is 0 Å². The molecule has 1 aromatic rings. The van der Waals surface area contributed by atoms with Crippen LogP contribution in [0.2, 0.25) is 0 Å². The molecule has 15 heavy (non-hydrogen) atoms. The summed E-state index contributed by atoms with van der Waals surface area (Å²) in [6.07, 6.45) is 2.39. The summed E-state index contributed by atoms with van der Waals surface area (Å²) < 4.78 is 4.79. The van der Waals surface area contributed by atoms with Crippen LogP contribution in [0, 0.1) is 6.92 Å². The maximum Gasteiger partial charge on any atom is 0.125 e. The van der Waals surface area contributed by atoms with Crippen molar-refractivity contribution in [2.75, 3.05) is 6.54 Å². The lowest BCUT2D eigenvalue weighted by atomic mass is 10.0. The van der Waals surface area contributed by atoms with Gasteiger partial charge in [0.15, 0.2) is 0 Å². The van der Waals surface area contributed by atoms with E-state index < -0.39 is 0 Å². The Morgan fingerprint density at radius 2 is 2.07 bits per heavy atom. The van der Waals surface area contributed by atoms with Crippen molar-refractivity contribution < 1.29 is 4.63 Å². The van der Waals surface area contributed by atoms with Gasteiger partial charge in [0.1, 0.15) is 11.4 Å². The second-order valence-electron chi connectivity index (χ2n) is 5.26. The van der Waals surface area contributed by atoms with E-state index in [1.54, 1.807) is 0 Å². The highest BCUT2D eigenvalue weighted by atomic mass is 16.6. The van der Waals surface area contributed by atoms with E-state index in [-0.39, 0.29) is 5.54 Å². The van der Waals surface area contributed by atoms with Gasteiger partial charge in [-0.05, 0) is 47.1 Å². The standard InChI is InChI=1S/C11H19N3O/c1-8-10(13-15-12-8)9-6-5-7-14(9)11(2,3)4/h9H,5-7H2,1-4H3. The Morgan fingerprint density at radius 3 is 2.60 bits per heavy atom. The molecule has 0 aromatic carbocycles. The van der Waals surface area contributed by atoms with Crippen molar-refractivity contribution in [1.82, 2.24) is 15.2 Å². The molecule has 0 N–H and O–H groups in total. The van der Waals surface area contributed by atoms with E-state index >= 15 is 0 Å². The summed E-state index contributed by atoms with van der Waals surface area (Å²) in [7, 11) is 0. The van der Waals surface area contributed by atoms with E-state index in [1.165, 1.54) is 6.42 Å². The minimum Gasteiger partial charge on any atom is -0.290 e. The summed E-state index contributed by atoms with van der Waals surface area (Å²) in [6, 6.07) is 0.385. The molecule has 0 amide bonds. The Balaban J connectivity index is 2.26. The van der Waals surface area contributed by atoms with Gasteiger partial charge in [-0.3, -0.25) is 4.90 Å². The van der Waals surface area contributed by atoms with Crippen molar-refractivity contribution in [1.29, 1.82) is 0 Å². The Kier molecular flexibility index (Phi) is 2.54. The van der Waals surface area contributed by atoms with Crippen molar-refractivity contribution in [2.24, 2.45) is 0 Å². The molecule has 2 heterocycles. The molecule has 1 atom stereocenters. The third-order valence-electron chi connectivity index (χ3n) is 3.12. The zero-order valence-corrected chi connectivity index (χ0v) is 9.95. The maximum absolute atomic E-state index is 4.79. The second-order valence-corrected chi connectivity index (χ2v) is 5.26. The van der Waals surface area contributed by atoms with Gasteiger partial charge in [-0.1, -0.05) is 10.3 Å². The third-order valence-corrected chi connectivity index (χ3v) is 3.12. The number of rotatable bonds is 1. The van der Waals surface area contributed by atoms with E-state index in [4.69, 9.17) is 4.63 Å². The van der Waals surface area contributed by atoms with Gasteiger partial charge in [0.05, 0.1) is 6.04 Å². The fourth-order valence-electron chi connectivity index (χ4n) is 2.39. The number of likely N-dealkylation sites (tertiary alicyclic amines) is 1. The minimum atomic E-state index is 0.187. The SMILES string of the molecule is Cc1nonc1C1CCCN1C(C)(C)C.